The second kappa shape index (κ2) is 15.4. The SMILES string of the molecule is CC(C)CC(NC(=O)C(NC(=O)C(Cc1cnc[nH]1)NC(=O)C(N)CCCN=C(N)N)C(C)O)C(=O)O. The highest BCUT2D eigenvalue weighted by Crippen LogP contribution is 2.07. The van der Waals surface area contributed by atoms with Gasteiger partial charge in [-0.3, -0.25) is 19.4 Å². The third-order valence-electron chi connectivity index (χ3n) is 5.30. The van der Waals surface area contributed by atoms with Gasteiger partial charge in [-0.15, -0.1) is 0 Å². The molecule has 208 valence electrons. The summed E-state index contributed by atoms with van der Waals surface area (Å²) in [5.74, 6) is -3.63. The standard InChI is InChI=1S/C22H39N9O6/c1-11(2)7-16(21(36)37)30-20(35)17(12(3)32)31-19(34)15(8-13-9-26-10-28-13)29-18(33)14(23)5-4-6-27-22(24)25/h9-12,14-17,32H,4-8,23H2,1-3H3,(H,26,28)(H,29,33)(H,30,35)(H,31,34)(H,36,37)(H4,24,25,27). The van der Waals surface area contributed by atoms with Gasteiger partial charge >= 0.3 is 5.97 Å². The number of aromatic amines is 1. The first-order valence-electron chi connectivity index (χ1n) is 11.9. The average molecular weight is 526 g/mol. The number of rotatable bonds is 16. The van der Waals surface area contributed by atoms with Crippen LogP contribution in [-0.4, -0.2) is 86.6 Å². The number of nitrogens with two attached hydrogens (primary N) is 3. The lowest BCUT2D eigenvalue weighted by atomic mass is 10.0. The van der Waals surface area contributed by atoms with Crippen LogP contribution in [0.5, 0.6) is 0 Å². The van der Waals surface area contributed by atoms with Gasteiger partial charge in [-0.2, -0.15) is 0 Å². The molecule has 0 aliphatic heterocycles. The zero-order valence-corrected chi connectivity index (χ0v) is 21.3. The van der Waals surface area contributed by atoms with Gasteiger partial charge in [0.1, 0.15) is 18.1 Å². The van der Waals surface area contributed by atoms with Gasteiger partial charge in [0.15, 0.2) is 5.96 Å². The first kappa shape index (κ1) is 31.3. The molecule has 15 nitrogen and oxygen atoms in total. The van der Waals surface area contributed by atoms with Gasteiger partial charge in [-0.1, -0.05) is 13.8 Å². The summed E-state index contributed by atoms with van der Waals surface area (Å²) in [4.78, 5) is 60.6. The van der Waals surface area contributed by atoms with E-state index in [1.54, 1.807) is 13.8 Å². The van der Waals surface area contributed by atoms with Crippen molar-refractivity contribution in [2.45, 2.75) is 76.7 Å². The molecule has 0 spiro atoms. The Labute approximate surface area is 215 Å². The van der Waals surface area contributed by atoms with E-state index in [0.29, 0.717) is 12.1 Å². The zero-order valence-electron chi connectivity index (χ0n) is 21.3. The number of imidazole rings is 1. The van der Waals surface area contributed by atoms with Gasteiger partial charge in [0.25, 0.3) is 0 Å². The van der Waals surface area contributed by atoms with E-state index in [1.807, 2.05) is 0 Å². The number of hydrogen-bond donors (Lipinski definition) is 9. The van der Waals surface area contributed by atoms with Gasteiger partial charge in [-0.05, 0) is 32.1 Å². The molecule has 1 aromatic rings. The van der Waals surface area contributed by atoms with Crippen LogP contribution in [0.3, 0.4) is 0 Å². The van der Waals surface area contributed by atoms with Crippen molar-refractivity contribution in [3.8, 4) is 0 Å². The number of nitrogens with zero attached hydrogens (tertiary/aromatic N) is 2. The molecule has 0 bridgehead atoms. The zero-order chi connectivity index (χ0) is 28.1. The summed E-state index contributed by atoms with van der Waals surface area (Å²) >= 11 is 0. The number of aliphatic hydroxyl groups excluding tert-OH is 1. The van der Waals surface area contributed by atoms with Crippen molar-refractivity contribution in [3.05, 3.63) is 18.2 Å². The largest absolute Gasteiger partial charge is 0.480 e. The van der Waals surface area contributed by atoms with Crippen molar-refractivity contribution >= 4 is 29.7 Å². The molecular formula is C22H39N9O6. The van der Waals surface area contributed by atoms with E-state index >= 15 is 0 Å². The third-order valence-corrected chi connectivity index (χ3v) is 5.30. The van der Waals surface area contributed by atoms with Crippen molar-refractivity contribution in [2.24, 2.45) is 28.1 Å². The van der Waals surface area contributed by atoms with Crippen LogP contribution in [0.15, 0.2) is 17.5 Å². The first-order chi connectivity index (χ1) is 17.3. The molecule has 15 heteroatoms. The number of aliphatic hydroxyl groups is 1. The Morgan fingerprint density at radius 1 is 1.05 bits per heavy atom. The highest BCUT2D eigenvalue weighted by atomic mass is 16.4. The molecule has 0 radical (unpaired) electrons. The van der Waals surface area contributed by atoms with Crippen LogP contribution < -0.4 is 33.2 Å². The molecule has 0 aliphatic rings. The number of aromatic nitrogens is 2. The first-order valence-corrected chi connectivity index (χ1v) is 11.9. The predicted octanol–water partition coefficient (Wildman–Crippen LogP) is -2.70. The van der Waals surface area contributed by atoms with Crippen LogP contribution >= 0.6 is 0 Å². The molecule has 0 aromatic carbocycles. The second-order valence-corrected chi connectivity index (χ2v) is 9.15. The average Bonchev–Trinajstić information content (AvgIpc) is 3.31. The van der Waals surface area contributed by atoms with Crippen LogP contribution in [-0.2, 0) is 25.6 Å². The molecule has 1 heterocycles. The maximum atomic E-state index is 13.1. The van der Waals surface area contributed by atoms with E-state index in [1.165, 1.54) is 19.4 Å². The number of carboxylic acids is 1. The molecule has 37 heavy (non-hydrogen) atoms. The maximum absolute atomic E-state index is 13.1. The normalized spacial score (nSPS) is 15.1. The van der Waals surface area contributed by atoms with Crippen LogP contribution in [0.4, 0.5) is 0 Å². The summed E-state index contributed by atoms with van der Waals surface area (Å²) in [6.07, 6.45) is 2.30. The highest BCUT2D eigenvalue weighted by molar-refractivity contribution is 5.94. The second-order valence-electron chi connectivity index (χ2n) is 9.15. The van der Waals surface area contributed by atoms with Crippen molar-refractivity contribution < 1.29 is 29.4 Å². The van der Waals surface area contributed by atoms with Gasteiger partial charge in [0, 0.05) is 24.9 Å². The Bertz CT molecular complexity index is 916. The summed E-state index contributed by atoms with van der Waals surface area (Å²) in [5.41, 5.74) is 17.0. The van der Waals surface area contributed by atoms with Gasteiger partial charge < -0.3 is 48.3 Å². The number of aliphatic imine (C=N–C) groups is 1. The third kappa shape index (κ3) is 11.7. The quantitative estimate of drug-likeness (QED) is 0.0612. The molecule has 12 N–H and O–H groups in total. The van der Waals surface area contributed by atoms with Gasteiger partial charge in [-0.25, -0.2) is 9.78 Å². The molecule has 3 amide bonds. The molecular weight excluding hydrogens is 486 g/mol. The number of amides is 3. The van der Waals surface area contributed by atoms with E-state index in [0.717, 1.165) is 0 Å². The minimum absolute atomic E-state index is 0.0163. The Hall–Kier alpha value is -3.72. The number of H-pyrrole nitrogens is 1. The smallest absolute Gasteiger partial charge is 0.326 e. The number of carbonyl (C=O) groups is 4. The van der Waals surface area contributed by atoms with E-state index in [2.05, 4.69) is 30.9 Å². The van der Waals surface area contributed by atoms with Crippen molar-refractivity contribution in [1.29, 1.82) is 0 Å². The van der Waals surface area contributed by atoms with E-state index in [-0.39, 0.29) is 37.7 Å². The minimum Gasteiger partial charge on any atom is -0.480 e. The fraction of sp³-hybridized carbons (Fsp3) is 0.636. The number of hydrogen-bond acceptors (Lipinski definition) is 8. The number of carboxylic acid groups (broad SMARTS) is 1. The Morgan fingerprint density at radius 3 is 2.22 bits per heavy atom. The molecule has 1 rings (SSSR count). The number of aliphatic carboxylic acids is 1. The summed E-state index contributed by atoms with van der Waals surface area (Å²) in [6, 6.07) is -4.83. The lowest BCUT2D eigenvalue weighted by Gasteiger charge is -2.26. The molecule has 5 unspecified atom stereocenters. The number of guanidine groups is 1. The van der Waals surface area contributed by atoms with Crippen molar-refractivity contribution in [2.75, 3.05) is 6.54 Å². The maximum Gasteiger partial charge on any atom is 0.326 e. The molecule has 0 fully saturated rings. The predicted molar refractivity (Wildman–Crippen MR) is 135 cm³/mol. The van der Waals surface area contributed by atoms with Crippen LogP contribution in [0.1, 0.15) is 45.7 Å². The van der Waals surface area contributed by atoms with Crippen molar-refractivity contribution in [3.63, 3.8) is 0 Å². The van der Waals surface area contributed by atoms with E-state index < -0.39 is 54.0 Å². The Kier molecular flexibility index (Phi) is 13.0. The lowest BCUT2D eigenvalue weighted by Crippen LogP contribution is -2.60. The van der Waals surface area contributed by atoms with Crippen LogP contribution in [0.2, 0.25) is 0 Å². The fourth-order valence-electron chi connectivity index (χ4n) is 3.37. The molecule has 0 saturated carbocycles. The summed E-state index contributed by atoms with van der Waals surface area (Å²) in [6.45, 7) is 5.15. The fourth-order valence-corrected chi connectivity index (χ4v) is 3.37. The lowest BCUT2D eigenvalue weighted by molar-refractivity contribution is -0.143. The molecule has 5 atom stereocenters. The Balaban J connectivity index is 2.95. The molecule has 0 aliphatic carbocycles. The summed E-state index contributed by atoms with van der Waals surface area (Å²) in [5, 5.41) is 26.9. The minimum atomic E-state index is -1.48. The molecule has 0 saturated heterocycles. The summed E-state index contributed by atoms with van der Waals surface area (Å²) in [7, 11) is 0. The van der Waals surface area contributed by atoms with E-state index in [9.17, 15) is 29.4 Å². The van der Waals surface area contributed by atoms with Gasteiger partial charge in [0.05, 0.1) is 18.5 Å². The number of carbonyl (C=O) groups excluding carboxylic acids is 3. The molecule has 1 aromatic heterocycles. The number of nitrogens with one attached hydrogen (secondary N) is 4. The highest BCUT2D eigenvalue weighted by Gasteiger charge is 2.33. The Morgan fingerprint density at radius 2 is 1.70 bits per heavy atom. The summed E-state index contributed by atoms with van der Waals surface area (Å²) < 4.78 is 0. The topological polar surface area (TPSA) is 264 Å². The van der Waals surface area contributed by atoms with Crippen molar-refractivity contribution in [1.82, 2.24) is 25.9 Å². The van der Waals surface area contributed by atoms with Crippen LogP contribution in [0, 0.1) is 5.92 Å². The van der Waals surface area contributed by atoms with E-state index in [4.69, 9.17) is 17.2 Å². The monoisotopic (exact) mass is 525 g/mol. The van der Waals surface area contributed by atoms with Crippen LogP contribution in [0.25, 0.3) is 0 Å². The van der Waals surface area contributed by atoms with Gasteiger partial charge in [0.2, 0.25) is 17.7 Å².